The summed E-state index contributed by atoms with van der Waals surface area (Å²) >= 11 is 5.51. The minimum absolute atomic E-state index is 0.0689. The zero-order chi connectivity index (χ0) is 11.0. The van der Waals surface area contributed by atoms with Gasteiger partial charge in [0.15, 0.2) is 0 Å². The Kier molecular flexibility index (Phi) is 7.55. The molecule has 0 fully saturated rings. The zero-order valence-corrected chi connectivity index (χ0v) is 9.04. The molecule has 6 heteroatoms. The number of likely N-dealkylation sites (N-methyl/N-ethyl adjacent to an activating group) is 1. The Morgan fingerprint density at radius 3 is 2.86 bits per heavy atom. The molecule has 1 atom stereocenters. The van der Waals surface area contributed by atoms with Crippen molar-refractivity contribution in [2.24, 2.45) is 5.73 Å². The van der Waals surface area contributed by atoms with Crippen LogP contribution in [-0.4, -0.2) is 54.8 Å². The van der Waals surface area contributed by atoms with Crippen molar-refractivity contribution in [1.82, 2.24) is 4.90 Å². The Labute approximate surface area is 88.8 Å². The summed E-state index contributed by atoms with van der Waals surface area (Å²) in [6.45, 7) is 1.17. The van der Waals surface area contributed by atoms with Gasteiger partial charge in [-0.3, -0.25) is 0 Å². The minimum Gasteiger partial charge on any atom is -0.447 e. The van der Waals surface area contributed by atoms with E-state index in [4.69, 9.17) is 17.3 Å². The third-order valence-corrected chi connectivity index (χ3v) is 1.88. The highest BCUT2D eigenvalue weighted by Gasteiger charge is 2.09. The number of nitrogens with two attached hydrogens (primary N) is 1. The smallest absolute Gasteiger partial charge is 0.404 e. The number of ether oxygens (including phenoxy) is 1. The number of hydrogen-bond acceptors (Lipinski definition) is 4. The van der Waals surface area contributed by atoms with Gasteiger partial charge in [0, 0.05) is 12.4 Å². The molecule has 3 N–H and O–H groups in total. The van der Waals surface area contributed by atoms with Gasteiger partial charge in [0.05, 0.1) is 0 Å². The Morgan fingerprint density at radius 2 is 2.36 bits per heavy atom. The first-order valence-electron chi connectivity index (χ1n) is 4.41. The molecule has 1 amide bonds. The van der Waals surface area contributed by atoms with Crippen LogP contribution in [0.15, 0.2) is 0 Å². The summed E-state index contributed by atoms with van der Waals surface area (Å²) in [5.41, 5.74) is 4.75. The molecule has 14 heavy (non-hydrogen) atoms. The third kappa shape index (κ3) is 8.10. The Morgan fingerprint density at radius 1 is 1.71 bits per heavy atom. The van der Waals surface area contributed by atoms with E-state index in [-0.39, 0.29) is 6.61 Å². The molecule has 0 aliphatic carbocycles. The molecule has 0 aliphatic heterocycles. The maximum absolute atomic E-state index is 10.2. The van der Waals surface area contributed by atoms with Crippen LogP contribution in [0.4, 0.5) is 4.79 Å². The first-order valence-corrected chi connectivity index (χ1v) is 4.94. The highest BCUT2D eigenvalue weighted by Crippen LogP contribution is 1.94. The molecule has 0 rings (SSSR count). The normalized spacial score (nSPS) is 12.9. The van der Waals surface area contributed by atoms with Crippen molar-refractivity contribution in [3.63, 3.8) is 0 Å². The van der Waals surface area contributed by atoms with E-state index in [1.165, 1.54) is 0 Å². The van der Waals surface area contributed by atoms with Crippen molar-refractivity contribution >= 4 is 17.7 Å². The van der Waals surface area contributed by atoms with Gasteiger partial charge in [0.2, 0.25) is 0 Å². The van der Waals surface area contributed by atoms with E-state index in [1.54, 1.807) is 0 Å². The summed E-state index contributed by atoms with van der Waals surface area (Å²) < 4.78 is 4.45. The van der Waals surface area contributed by atoms with E-state index in [9.17, 15) is 9.90 Å². The highest BCUT2D eigenvalue weighted by molar-refractivity contribution is 6.17. The fourth-order valence-corrected chi connectivity index (χ4v) is 1.13. The summed E-state index contributed by atoms with van der Waals surface area (Å²) in [5, 5.41) is 9.36. The number of carbonyl (C=O) groups is 1. The van der Waals surface area contributed by atoms with Crippen LogP contribution in [0.5, 0.6) is 0 Å². The van der Waals surface area contributed by atoms with E-state index in [2.05, 4.69) is 4.74 Å². The summed E-state index contributed by atoms with van der Waals surface area (Å²) in [4.78, 5) is 12.1. The molecule has 0 unspecified atom stereocenters. The molecule has 0 aromatic heterocycles. The number of halogens is 1. The summed E-state index contributed by atoms with van der Waals surface area (Å²) in [7, 11) is 1.86. The summed E-state index contributed by atoms with van der Waals surface area (Å²) in [6.07, 6.45) is -0.711. The lowest BCUT2D eigenvalue weighted by molar-refractivity contribution is 0.0525. The lowest BCUT2D eigenvalue weighted by Gasteiger charge is -2.19. The van der Waals surface area contributed by atoms with Crippen LogP contribution >= 0.6 is 11.6 Å². The third-order valence-electron chi connectivity index (χ3n) is 1.61. The van der Waals surface area contributed by atoms with Gasteiger partial charge in [0.1, 0.15) is 12.7 Å². The zero-order valence-electron chi connectivity index (χ0n) is 8.28. The van der Waals surface area contributed by atoms with Gasteiger partial charge < -0.3 is 20.5 Å². The van der Waals surface area contributed by atoms with Crippen LogP contribution in [-0.2, 0) is 4.74 Å². The van der Waals surface area contributed by atoms with Gasteiger partial charge in [-0.25, -0.2) is 4.79 Å². The van der Waals surface area contributed by atoms with E-state index < -0.39 is 12.2 Å². The maximum Gasteiger partial charge on any atom is 0.404 e. The largest absolute Gasteiger partial charge is 0.447 e. The van der Waals surface area contributed by atoms with Crippen molar-refractivity contribution in [2.45, 2.75) is 12.5 Å². The van der Waals surface area contributed by atoms with Crippen molar-refractivity contribution in [3.8, 4) is 0 Å². The van der Waals surface area contributed by atoms with E-state index in [0.717, 1.165) is 13.0 Å². The average molecular weight is 225 g/mol. The van der Waals surface area contributed by atoms with Crippen molar-refractivity contribution in [2.75, 3.05) is 32.6 Å². The molecule has 0 heterocycles. The van der Waals surface area contributed by atoms with E-state index >= 15 is 0 Å². The lowest BCUT2D eigenvalue weighted by atomic mass is 10.3. The molecule has 5 nitrogen and oxygen atoms in total. The predicted octanol–water partition coefficient (Wildman–Crippen LogP) is 0.00330. The molecule has 0 radical (unpaired) electrons. The number of rotatable bonds is 7. The predicted molar refractivity (Wildman–Crippen MR) is 54.4 cm³/mol. The summed E-state index contributed by atoms with van der Waals surface area (Å²) in [5.74, 6) is 0.595. The summed E-state index contributed by atoms with van der Waals surface area (Å²) in [6, 6.07) is 0. The number of alkyl halides is 1. The molecule has 0 saturated carbocycles. The average Bonchev–Trinajstić information content (AvgIpc) is 2.11. The maximum atomic E-state index is 10.2. The van der Waals surface area contributed by atoms with Crippen molar-refractivity contribution in [3.05, 3.63) is 0 Å². The number of primary amides is 1. The number of aliphatic hydroxyl groups is 1. The monoisotopic (exact) mass is 224 g/mol. The molecule has 0 aromatic carbocycles. The van der Waals surface area contributed by atoms with Crippen LogP contribution < -0.4 is 5.73 Å². The lowest BCUT2D eigenvalue weighted by Crippen LogP contribution is -2.34. The van der Waals surface area contributed by atoms with Gasteiger partial charge in [-0.05, 0) is 20.0 Å². The minimum atomic E-state index is -0.868. The number of aliphatic hydroxyl groups excluding tert-OH is 1. The van der Waals surface area contributed by atoms with Gasteiger partial charge in [-0.1, -0.05) is 0 Å². The molecule has 0 saturated heterocycles. The second-order valence-electron chi connectivity index (χ2n) is 3.09. The number of hydrogen-bond donors (Lipinski definition) is 2. The van der Waals surface area contributed by atoms with Gasteiger partial charge >= 0.3 is 6.09 Å². The first-order chi connectivity index (χ1) is 6.56. The fraction of sp³-hybridized carbons (Fsp3) is 0.875. The SMILES string of the molecule is CN(CCCCl)C[C@H](O)COC(N)=O. The Bertz CT molecular complexity index is 169. The van der Waals surface area contributed by atoms with Crippen LogP contribution in [0, 0.1) is 0 Å². The molecular weight excluding hydrogens is 208 g/mol. The van der Waals surface area contributed by atoms with Gasteiger partial charge in [-0.2, -0.15) is 0 Å². The van der Waals surface area contributed by atoms with Crippen LogP contribution in [0.2, 0.25) is 0 Å². The molecule has 0 aliphatic rings. The molecular formula is C8H17ClN2O3. The van der Waals surface area contributed by atoms with Crippen LogP contribution in [0.25, 0.3) is 0 Å². The van der Waals surface area contributed by atoms with Crippen molar-refractivity contribution < 1.29 is 14.6 Å². The fourth-order valence-electron chi connectivity index (χ4n) is 1.01. The van der Waals surface area contributed by atoms with Crippen molar-refractivity contribution in [1.29, 1.82) is 0 Å². The quantitative estimate of drug-likeness (QED) is 0.597. The number of nitrogens with zero attached hydrogens (tertiary/aromatic N) is 1. The second-order valence-corrected chi connectivity index (χ2v) is 3.47. The molecule has 0 bridgehead atoms. The standard InChI is InChI=1S/C8H17ClN2O3/c1-11(4-2-3-9)5-7(12)6-14-8(10)13/h7,12H,2-6H2,1H3,(H2,10,13)/t7-/m0/s1. The molecule has 0 spiro atoms. The highest BCUT2D eigenvalue weighted by atomic mass is 35.5. The Balaban J connectivity index is 3.49. The second kappa shape index (κ2) is 7.84. The van der Waals surface area contributed by atoms with Gasteiger partial charge in [-0.15, -0.1) is 11.6 Å². The van der Waals surface area contributed by atoms with E-state index in [0.29, 0.717) is 12.4 Å². The molecule has 0 aromatic rings. The van der Waals surface area contributed by atoms with E-state index in [1.807, 2.05) is 11.9 Å². The Hall–Kier alpha value is -0.520. The molecule has 84 valence electrons. The number of amides is 1. The van der Waals surface area contributed by atoms with Gasteiger partial charge in [0.25, 0.3) is 0 Å². The van der Waals surface area contributed by atoms with Crippen LogP contribution in [0.3, 0.4) is 0 Å². The topological polar surface area (TPSA) is 75.8 Å². The first kappa shape index (κ1) is 13.5. The van der Waals surface area contributed by atoms with Crippen LogP contribution in [0.1, 0.15) is 6.42 Å². The number of carbonyl (C=O) groups excluding carboxylic acids is 1.